The van der Waals surface area contributed by atoms with Crippen LogP contribution >= 0.6 is 0 Å². The lowest BCUT2D eigenvalue weighted by Gasteiger charge is -2.60. The number of hydrogen-bond donors (Lipinski definition) is 0. The van der Waals surface area contributed by atoms with Gasteiger partial charge in [-0.2, -0.15) is 0 Å². The molecular weight excluding hydrogens is 144 g/mol. The van der Waals surface area contributed by atoms with Gasteiger partial charge in [0.1, 0.15) is 0 Å². The van der Waals surface area contributed by atoms with Crippen LogP contribution in [0.4, 0.5) is 0 Å². The molecule has 0 aromatic carbocycles. The molecule has 0 aromatic rings. The van der Waals surface area contributed by atoms with Crippen LogP contribution in [-0.4, -0.2) is 0 Å². The molecule has 1 aliphatic rings. The SMILES string of the molecule is CC(C)CC1(C)C(C)CC1(C)C. The maximum atomic E-state index is 2.47. The van der Waals surface area contributed by atoms with E-state index in [1.54, 1.807) is 0 Å². The zero-order valence-corrected chi connectivity index (χ0v) is 9.57. The molecule has 2 unspecified atom stereocenters. The van der Waals surface area contributed by atoms with Gasteiger partial charge in [0, 0.05) is 0 Å². The summed E-state index contributed by atoms with van der Waals surface area (Å²) in [7, 11) is 0. The monoisotopic (exact) mass is 168 g/mol. The lowest BCUT2D eigenvalue weighted by atomic mass is 9.44. The zero-order chi connectivity index (χ0) is 9.57. The van der Waals surface area contributed by atoms with Gasteiger partial charge in [0.05, 0.1) is 0 Å². The highest BCUT2D eigenvalue weighted by atomic mass is 14.6. The molecule has 1 aliphatic carbocycles. The summed E-state index contributed by atoms with van der Waals surface area (Å²) in [6, 6.07) is 0. The van der Waals surface area contributed by atoms with Crippen molar-refractivity contribution in [2.45, 2.75) is 54.4 Å². The summed E-state index contributed by atoms with van der Waals surface area (Å²) in [5, 5.41) is 0. The molecule has 0 heteroatoms. The molecule has 0 spiro atoms. The summed E-state index contributed by atoms with van der Waals surface area (Å²) in [6.45, 7) is 14.4. The molecule has 1 rings (SSSR count). The normalized spacial score (nSPS) is 39.8. The summed E-state index contributed by atoms with van der Waals surface area (Å²) in [5.41, 5.74) is 1.18. The molecule has 0 saturated heterocycles. The molecular formula is C12H24. The Morgan fingerprint density at radius 2 is 1.75 bits per heavy atom. The average molecular weight is 168 g/mol. The highest BCUT2D eigenvalue weighted by molar-refractivity contribution is 5.03. The molecule has 2 atom stereocenters. The van der Waals surface area contributed by atoms with Gasteiger partial charge in [-0.1, -0.05) is 41.5 Å². The second-order valence-corrected chi connectivity index (χ2v) is 6.00. The molecule has 0 bridgehead atoms. The first-order chi connectivity index (χ1) is 5.29. The molecule has 12 heavy (non-hydrogen) atoms. The van der Waals surface area contributed by atoms with E-state index in [0.29, 0.717) is 10.8 Å². The van der Waals surface area contributed by atoms with E-state index in [1.807, 2.05) is 0 Å². The van der Waals surface area contributed by atoms with Crippen molar-refractivity contribution in [2.24, 2.45) is 22.7 Å². The van der Waals surface area contributed by atoms with Gasteiger partial charge in [0.15, 0.2) is 0 Å². The second-order valence-electron chi connectivity index (χ2n) is 6.00. The van der Waals surface area contributed by atoms with E-state index in [-0.39, 0.29) is 0 Å². The van der Waals surface area contributed by atoms with Gasteiger partial charge in [-0.25, -0.2) is 0 Å². The Hall–Kier alpha value is 0. The van der Waals surface area contributed by atoms with Gasteiger partial charge in [-0.05, 0) is 35.5 Å². The van der Waals surface area contributed by atoms with Gasteiger partial charge in [-0.15, -0.1) is 0 Å². The maximum absolute atomic E-state index is 2.47. The fourth-order valence-electron chi connectivity index (χ4n) is 3.09. The minimum Gasteiger partial charge on any atom is -0.0628 e. The molecule has 0 heterocycles. The Labute approximate surface area is 77.7 Å². The van der Waals surface area contributed by atoms with E-state index in [1.165, 1.54) is 12.8 Å². The van der Waals surface area contributed by atoms with Gasteiger partial charge in [-0.3, -0.25) is 0 Å². The molecule has 0 amide bonds. The smallest absolute Gasteiger partial charge is 0.0246 e. The Bertz CT molecular complexity index is 167. The molecule has 0 aromatic heterocycles. The largest absolute Gasteiger partial charge is 0.0628 e. The lowest BCUT2D eigenvalue weighted by molar-refractivity contribution is -0.113. The van der Waals surface area contributed by atoms with Crippen molar-refractivity contribution in [1.82, 2.24) is 0 Å². The van der Waals surface area contributed by atoms with Crippen LogP contribution in [0.3, 0.4) is 0 Å². The Morgan fingerprint density at radius 1 is 1.25 bits per heavy atom. The zero-order valence-electron chi connectivity index (χ0n) is 9.57. The van der Waals surface area contributed by atoms with Crippen molar-refractivity contribution in [1.29, 1.82) is 0 Å². The molecule has 0 radical (unpaired) electrons. The summed E-state index contributed by atoms with van der Waals surface area (Å²) in [6.07, 6.45) is 2.80. The highest BCUT2D eigenvalue weighted by Gasteiger charge is 2.54. The van der Waals surface area contributed by atoms with Crippen LogP contribution in [0.25, 0.3) is 0 Å². The van der Waals surface area contributed by atoms with Gasteiger partial charge in [0.2, 0.25) is 0 Å². The highest BCUT2D eigenvalue weighted by Crippen LogP contribution is 2.62. The van der Waals surface area contributed by atoms with E-state index in [2.05, 4.69) is 41.5 Å². The molecule has 0 nitrogen and oxygen atoms in total. The fraction of sp³-hybridized carbons (Fsp3) is 1.00. The molecule has 72 valence electrons. The number of hydrogen-bond acceptors (Lipinski definition) is 0. The van der Waals surface area contributed by atoms with Crippen molar-refractivity contribution >= 4 is 0 Å². The van der Waals surface area contributed by atoms with E-state index in [0.717, 1.165) is 11.8 Å². The third-order valence-corrected chi connectivity index (χ3v) is 4.28. The molecule has 1 fully saturated rings. The Balaban J connectivity index is 2.68. The van der Waals surface area contributed by atoms with Gasteiger partial charge in [0.25, 0.3) is 0 Å². The van der Waals surface area contributed by atoms with Gasteiger partial charge >= 0.3 is 0 Å². The van der Waals surface area contributed by atoms with Crippen LogP contribution in [0.15, 0.2) is 0 Å². The van der Waals surface area contributed by atoms with Crippen LogP contribution < -0.4 is 0 Å². The minimum absolute atomic E-state index is 0.580. The molecule has 1 saturated carbocycles. The quantitative estimate of drug-likeness (QED) is 0.582. The predicted molar refractivity (Wildman–Crippen MR) is 55.1 cm³/mol. The third-order valence-electron chi connectivity index (χ3n) is 4.28. The first kappa shape index (κ1) is 10.1. The maximum Gasteiger partial charge on any atom is -0.0246 e. The summed E-state index contributed by atoms with van der Waals surface area (Å²) < 4.78 is 0. The van der Waals surface area contributed by atoms with Crippen LogP contribution in [0, 0.1) is 22.7 Å². The average Bonchev–Trinajstić information content (AvgIpc) is 1.85. The first-order valence-corrected chi connectivity index (χ1v) is 5.29. The van der Waals surface area contributed by atoms with Crippen molar-refractivity contribution in [3.05, 3.63) is 0 Å². The topological polar surface area (TPSA) is 0 Å². The first-order valence-electron chi connectivity index (χ1n) is 5.29. The minimum atomic E-state index is 0.580. The predicted octanol–water partition coefficient (Wildman–Crippen LogP) is 4.10. The van der Waals surface area contributed by atoms with E-state index < -0.39 is 0 Å². The summed E-state index contributed by atoms with van der Waals surface area (Å²) in [5.74, 6) is 1.77. The van der Waals surface area contributed by atoms with Crippen molar-refractivity contribution in [3.8, 4) is 0 Å². The van der Waals surface area contributed by atoms with Gasteiger partial charge < -0.3 is 0 Å². The summed E-state index contributed by atoms with van der Waals surface area (Å²) in [4.78, 5) is 0. The Kier molecular flexibility index (Phi) is 2.31. The standard InChI is InChI=1S/C12H24/c1-9(2)7-12(6)10(3)8-11(12,4)5/h9-10H,7-8H2,1-6H3. The van der Waals surface area contributed by atoms with Crippen molar-refractivity contribution < 1.29 is 0 Å². The Morgan fingerprint density at radius 3 is 1.92 bits per heavy atom. The lowest BCUT2D eigenvalue weighted by Crippen LogP contribution is -2.52. The fourth-order valence-corrected chi connectivity index (χ4v) is 3.09. The summed E-state index contributed by atoms with van der Waals surface area (Å²) >= 11 is 0. The van der Waals surface area contributed by atoms with Crippen LogP contribution in [-0.2, 0) is 0 Å². The van der Waals surface area contributed by atoms with Crippen LogP contribution in [0.2, 0.25) is 0 Å². The molecule has 0 aliphatic heterocycles. The van der Waals surface area contributed by atoms with Crippen LogP contribution in [0.5, 0.6) is 0 Å². The second kappa shape index (κ2) is 2.75. The van der Waals surface area contributed by atoms with E-state index in [4.69, 9.17) is 0 Å². The van der Waals surface area contributed by atoms with E-state index in [9.17, 15) is 0 Å². The van der Waals surface area contributed by atoms with E-state index >= 15 is 0 Å². The third kappa shape index (κ3) is 1.30. The number of rotatable bonds is 2. The molecule has 0 N–H and O–H groups in total. The van der Waals surface area contributed by atoms with Crippen LogP contribution in [0.1, 0.15) is 54.4 Å². The van der Waals surface area contributed by atoms with Crippen molar-refractivity contribution in [2.75, 3.05) is 0 Å². The van der Waals surface area contributed by atoms with Crippen molar-refractivity contribution in [3.63, 3.8) is 0 Å².